The Hall–Kier alpha value is -0.790. The van der Waals surface area contributed by atoms with Crippen molar-refractivity contribution in [3.8, 4) is 0 Å². The van der Waals surface area contributed by atoms with Gasteiger partial charge in [-0.15, -0.1) is 0 Å². The van der Waals surface area contributed by atoms with Crippen LogP contribution in [-0.2, 0) is 9.53 Å². The van der Waals surface area contributed by atoms with Gasteiger partial charge in [0.25, 0.3) is 0 Å². The van der Waals surface area contributed by atoms with Crippen molar-refractivity contribution in [1.82, 2.24) is 0 Å². The minimum atomic E-state index is 0.0650. The van der Waals surface area contributed by atoms with E-state index in [0.29, 0.717) is 11.8 Å². The maximum Gasteiger partial charge on any atom is 0.306 e. The highest BCUT2D eigenvalue weighted by molar-refractivity contribution is 5.69. The second-order valence-corrected chi connectivity index (χ2v) is 15.2. The van der Waals surface area contributed by atoms with Crippen molar-refractivity contribution in [2.24, 2.45) is 46.3 Å². The van der Waals surface area contributed by atoms with Gasteiger partial charge in [-0.2, -0.15) is 0 Å². The number of carbonyl (C=O) groups is 1. The Balaban J connectivity index is 1.34. The van der Waals surface area contributed by atoms with Gasteiger partial charge in [0.05, 0.1) is 0 Å². The average Bonchev–Trinajstić information content (AvgIpc) is 3.22. The lowest BCUT2D eigenvalue weighted by atomic mass is 9.47. The molecule has 0 bridgehead atoms. The smallest absolute Gasteiger partial charge is 0.306 e. The fourth-order valence-corrected chi connectivity index (χ4v) is 10.1. The van der Waals surface area contributed by atoms with Crippen LogP contribution in [0.5, 0.6) is 0 Å². The molecule has 38 heavy (non-hydrogen) atoms. The van der Waals surface area contributed by atoms with Crippen LogP contribution >= 0.6 is 0 Å². The van der Waals surface area contributed by atoms with Gasteiger partial charge in [-0.1, -0.05) is 105 Å². The van der Waals surface area contributed by atoms with Crippen molar-refractivity contribution in [2.75, 3.05) is 0 Å². The molecule has 4 rings (SSSR count). The second-order valence-electron chi connectivity index (χ2n) is 15.2. The fourth-order valence-electron chi connectivity index (χ4n) is 10.1. The lowest BCUT2D eigenvalue weighted by molar-refractivity contribution is -0.153. The minimum absolute atomic E-state index is 0.0650. The van der Waals surface area contributed by atoms with Crippen LogP contribution in [0.1, 0.15) is 157 Å². The number of fused-ring (bicyclic) bond motifs is 5. The first-order valence-electron chi connectivity index (χ1n) is 17.1. The van der Waals surface area contributed by atoms with Gasteiger partial charge in [-0.3, -0.25) is 4.79 Å². The molecule has 0 unspecified atom stereocenters. The zero-order valence-electron chi connectivity index (χ0n) is 26.2. The maximum atomic E-state index is 12.7. The predicted molar refractivity (Wildman–Crippen MR) is 161 cm³/mol. The van der Waals surface area contributed by atoms with Gasteiger partial charge in [0.15, 0.2) is 0 Å². The first-order chi connectivity index (χ1) is 18.2. The summed E-state index contributed by atoms with van der Waals surface area (Å²) in [5.41, 5.74) is 2.49. The Bertz CT molecular complexity index is 797. The third kappa shape index (κ3) is 6.57. The van der Waals surface area contributed by atoms with E-state index in [1.165, 1.54) is 83.5 Å². The molecule has 2 heteroatoms. The van der Waals surface area contributed by atoms with Crippen LogP contribution in [0.4, 0.5) is 0 Å². The van der Waals surface area contributed by atoms with Crippen molar-refractivity contribution in [3.63, 3.8) is 0 Å². The molecule has 0 N–H and O–H groups in total. The molecular weight excluding hydrogens is 464 g/mol. The van der Waals surface area contributed by atoms with Crippen molar-refractivity contribution in [2.45, 2.75) is 163 Å². The zero-order chi connectivity index (χ0) is 27.3. The summed E-state index contributed by atoms with van der Waals surface area (Å²) in [7, 11) is 0. The number of hydrogen-bond acceptors (Lipinski definition) is 2. The van der Waals surface area contributed by atoms with Gasteiger partial charge >= 0.3 is 5.97 Å². The second kappa shape index (κ2) is 13.2. The van der Waals surface area contributed by atoms with Crippen LogP contribution in [0.2, 0.25) is 0 Å². The Morgan fingerprint density at radius 2 is 1.71 bits per heavy atom. The van der Waals surface area contributed by atoms with Crippen LogP contribution in [0.3, 0.4) is 0 Å². The zero-order valence-corrected chi connectivity index (χ0v) is 26.2. The largest absolute Gasteiger partial charge is 0.462 e. The molecule has 0 saturated heterocycles. The van der Waals surface area contributed by atoms with Gasteiger partial charge in [-0.25, -0.2) is 0 Å². The fraction of sp³-hybridized carbons (Fsp3) is 0.917. The summed E-state index contributed by atoms with van der Waals surface area (Å²) < 4.78 is 6.16. The summed E-state index contributed by atoms with van der Waals surface area (Å²) in [5.74, 6) is 5.21. The molecule has 0 heterocycles. The summed E-state index contributed by atoms with van der Waals surface area (Å²) in [5, 5.41) is 0. The van der Waals surface area contributed by atoms with E-state index in [9.17, 15) is 4.79 Å². The number of rotatable bonds is 13. The molecule has 218 valence electrons. The molecule has 4 aliphatic carbocycles. The first kappa shape index (κ1) is 30.2. The monoisotopic (exact) mass is 526 g/mol. The molecule has 0 spiro atoms. The SMILES string of the molecule is CCCCCCCCC(=O)O[C@@H]1CCC2=CC[C@H]3[C@@H]4CC[C@H]([C@H](C)CCCC(C)C)[C@@]4(C)CC[C@@H]3[C@@]2(C)C1. The van der Waals surface area contributed by atoms with Crippen molar-refractivity contribution in [1.29, 1.82) is 0 Å². The summed E-state index contributed by atoms with van der Waals surface area (Å²) in [6.45, 7) is 14.8. The quantitative estimate of drug-likeness (QED) is 0.135. The third-order valence-electron chi connectivity index (χ3n) is 12.2. The summed E-state index contributed by atoms with van der Waals surface area (Å²) >= 11 is 0. The molecule has 0 aromatic heterocycles. The van der Waals surface area contributed by atoms with Gasteiger partial charge in [-0.05, 0) is 104 Å². The predicted octanol–water partition coefficient (Wildman–Crippen LogP) is 10.7. The maximum absolute atomic E-state index is 12.7. The van der Waals surface area contributed by atoms with Crippen molar-refractivity contribution in [3.05, 3.63) is 11.6 Å². The highest BCUT2D eigenvalue weighted by Gasteiger charge is 2.59. The van der Waals surface area contributed by atoms with Gasteiger partial charge in [0, 0.05) is 6.42 Å². The molecule has 3 fully saturated rings. The van der Waals surface area contributed by atoms with Gasteiger partial charge < -0.3 is 4.74 Å². The van der Waals surface area contributed by atoms with Crippen LogP contribution < -0.4 is 0 Å². The Kier molecular flexibility index (Phi) is 10.5. The molecular formula is C36H62O2. The van der Waals surface area contributed by atoms with Crippen molar-refractivity contribution >= 4 is 5.97 Å². The van der Waals surface area contributed by atoms with Crippen LogP contribution in [0.25, 0.3) is 0 Å². The van der Waals surface area contributed by atoms with Crippen LogP contribution in [-0.4, -0.2) is 12.1 Å². The van der Waals surface area contributed by atoms with E-state index in [2.05, 4.69) is 47.6 Å². The third-order valence-corrected chi connectivity index (χ3v) is 12.2. The van der Waals surface area contributed by atoms with E-state index < -0.39 is 0 Å². The molecule has 8 atom stereocenters. The lowest BCUT2D eigenvalue weighted by Crippen LogP contribution is -2.51. The van der Waals surface area contributed by atoms with E-state index in [1.807, 2.05) is 0 Å². The summed E-state index contributed by atoms with van der Waals surface area (Å²) in [4.78, 5) is 12.7. The number of ether oxygens (including phenoxy) is 1. The Morgan fingerprint density at radius 3 is 2.47 bits per heavy atom. The number of carbonyl (C=O) groups excluding carboxylic acids is 1. The lowest BCUT2D eigenvalue weighted by Gasteiger charge is -2.58. The highest BCUT2D eigenvalue weighted by atomic mass is 16.5. The van der Waals surface area contributed by atoms with E-state index in [4.69, 9.17) is 4.74 Å². The normalized spacial score (nSPS) is 37.2. The molecule has 0 aromatic carbocycles. The molecule has 4 aliphatic rings. The summed E-state index contributed by atoms with van der Waals surface area (Å²) in [6.07, 6.45) is 25.3. The Morgan fingerprint density at radius 1 is 0.947 bits per heavy atom. The van der Waals surface area contributed by atoms with Gasteiger partial charge in [0.2, 0.25) is 0 Å². The standard InChI is InChI=1S/C36H62O2/c1-7-8-9-10-11-12-16-34(37)38-29-19-17-28-18-20-30-32-22-21-31(27(4)15-13-14-26(2)3)35(32,5)24-23-33(30)36(28,6)25-29/h18,26-27,29-33H,7-17,19-25H2,1-6H3/t27-,29-,30+,31-,32+,33+,35-,36+/m1/s1. The molecule has 0 amide bonds. The number of hydrogen-bond donors (Lipinski definition) is 0. The first-order valence-corrected chi connectivity index (χ1v) is 17.1. The molecule has 2 nitrogen and oxygen atoms in total. The van der Waals surface area contributed by atoms with E-state index >= 15 is 0 Å². The summed E-state index contributed by atoms with van der Waals surface area (Å²) in [6, 6.07) is 0. The van der Waals surface area contributed by atoms with Crippen LogP contribution in [0, 0.1) is 46.3 Å². The molecule has 0 aromatic rings. The molecule has 3 saturated carbocycles. The number of esters is 1. The highest BCUT2D eigenvalue weighted by Crippen LogP contribution is 2.67. The van der Waals surface area contributed by atoms with Crippen molar-refractivity contribution < 1.29 is 9.53 Å². The van der Waals surface area contributed by atoms with E-state index in [-0.39, 0.29) is 17.5 Å². The number of allylic oxidation sites excluding steroid dienone is 2. The van der Waals surface area contributed by atoms with Gasteiger partial charge in [0.1, 0.15) is 6.10 Å². The van der Waals surface area contributed by atoms with E-state index in [0.717, 1.165) is 61.2 Å². The topological polar surface area (TPSA) is 26.3 Å². The van der Waals surface area contributed by atoms with Crippen LogP contribution in [0.15, 0.2) is 11.6 Å². The minimum Gasteiger partial charge on any atom is -0.462 e. The molecule has 0 aliphatic heterocycles. The average molecular weight is 527 g/mol. The number of unbranched alkanes of at least 4 members (excludes halogenated alkanes) is 5. The molecule has 0 radical (unpaired) electrons. The van der Waals surface area contributed by atoms with E-state index in [1.54, 1.807) is 5.57 Å². The Labute approximate surface area is 236 Å².